The number of rotatable bonds is 8. The highest BCUT2D eigenvalue weighted by Gasteiger charge is 2.75. The minimum Gasteiger partial charge on any atom is -0.485 e. The first kappa shape index (κ1) is 21.0. The third kappa shape index (κ3) is 3.57. The van der Waals surface area contributed by atoms with Crippen LogP contribution < -0.4 is 15.2 Å². The van der Waals surface area contributed by atoms with Gasteiger partial charge in [0, 0.05) is 16.5 Å². The van der Waals surface area contributed by atoms with E-state index in [2.05, 4.69) is 10.1 Å². The molecule has 1 heterocycles. The predicted molar refractivity (Wildman–Crippen MR) is 113 cm³/mol. The van der Waals surface area contributed by atoms with Gasteiger partial charge in [0.05, 0.1) is 10.4 Å². The predicted octanol–water partition coefficient (Wildman–Crippen LogP) is 4.45. The molecule has 0 aliphatic heterocycles. The van der Waals surface area contributed by atoms with Gasteiger partial charge >= 0.3 is 0 Å². The van der Waals surface area contributed by atoms with Crippen molar-refractivity contribution in [1.82, 2.24) is 10.1 Å². The Morgan fingerprint density at radius 1 is 1.16 bits per heavy atom. The second-order valence-electron chi connectivity index (χ2n) is 8.41. The Bertz CT molecular complexity index is 1160. The zero-order chi connectivity index (χ0) is 22.5. The third-order valence-corrected chi connectivity index (χ3v) is 6.69. The Morgan fingerprint density at radius 3 is 2.50 bits per heavy atom. The van der Waals surface area contributed by atoms with E-state index >= 15 is 0 Å². The molecule has 0 spiro atoms. The number of ether oxygens (including phenoxy) is 2. The SMILES string of the molecule is NC(=O)C(Oc1ccc(Cl)c(F)c1)C12CC(c3nc(COc4ccc(Cl)cc4)no3)(C1)C2. The maximum Gasteiger partial charge on any atom is 0.259 e. The Hall–Kier alpha value is -2.84. The summed E-state index contributed by atoms with van der Waals surface area (Å²) in [7, 11) is 0. The highest BCUT2D eigenvalue weighted by Crippen LogP contribution is 2.75. The van der Waals surface area contributed by atoms with Gasteiger partial charge in [-0.25, -0.2) is 4.39 Å². The van der Waals surface area contributed by atoms with Gasteiger partial charge in [-0.05, 0) is 55.7 Å². The fourth-order valence-corrected chi connectivity index (χ4v) is 4.99. The number of hydrogen-bond acceptors (Lipinski definition) is 6. The molecule has 1 amide bonds. The summed E-state index contributed by atoms with van der Waals surface area (Å²) in [6.45, 7) is 0.154. The molecule has 2 bridgehead atoms. The van der Waals surface area contributed by atoms with Crippen molar-refractivity contribution in [3.8, 4) is 11.5 Å². The third-order valence-electron chi connectivity index (χ3n) is 6.13. The molecule has 3 aliphatic carbocycles. The van der Waals surface area contributed by atoms with E-state index in [1.807, 2.05) is 0 Å². The van der Waals surface area contributed by atoms with Crippen molar-refractivity contribution < 1.29 is 23.2 Å². The molecule has 3 saturated carbocycles. The largest absolute Gasteiger partial charge is 0.485 e. The second kappa shape index (κ2) is 7.64. The zero-order valence-corrected chi connectivity index (χ0v) is 18.2. The topological polar surface area (TPSA) is 100 Å². The van der Waals surface area contributed by atoms with Crippen molar-refractivity contribution in [3.63, 3.8) is 0 Å². The van der Waals surface area contributed by atoms with Crippen LogP contribution in [0.4, 0.5) is 4.39 Å². The molecule has 1 unspecified atom stereocenters. The van der Waals surface area contributed by atoms with Gasteiger partial charge in [0.2, 0.25) is 11.7 Å². The van der Waals surface area contributed by atoms with Crippen LogP contribution in [-0.4, -0.2) is 22.2 Å². The Kier molecular flexibility index (Phi) is 5.02. The average molecular weight is 478 g/mol. The standard InChI is InChI=1S/C22H18Cl2FN3O4/c23-12-1-3-13(4-2-12)30-8-17-27-20(32-28-17)22-9-21(10-22,11-22)18(19(26)29)31-14-5-6-15(24)16(25)7-14/h1-7,18H,8-11H2,(H2,26,29). The molecular weight excluding hydrogens is 460 g/mol. The minimum atomic E-state index is -0.888. The van der Waals surface area contributed by atoms with Crippen LogP contribution in [0.1, 0.15) is 31.0 Å². The lowest BCUT2D eigenvalue weighted by Crippen LogP contribution is -2.72. The molecule has 0 radical (unpaired) electrons. The van der Waals surface area contributed by atoms with Crippen LogP contribution in [0.5, 0.6) is 11.5 Å². The first-order chi connectivity index (χ1) is 15.3. The van der Waals surface area contributed by atoms with Gasteiger partial charge in [-0.2, -0.15) is 4.98 Å². The van der Waals surface area contributed by atoms with E-state index in [-0.39, 0.29) is 22.8 Å². The summed E-state index contributed by atoms with van der Waals surface area (Å²) in [6.07, 6.45) is 0.955. The fraction of sp³-hybridized carbons (Fsp3) is 0.318. The van der Waals surface area contributed by atoms with Gasteiger partial charge in [0.25, 0.3) is 5.91 Å². The average Bonchev–Trinajstić information content (AvgIpc) is 3.16. The van der Waals surface area contributed by atoms with Crippen molar-refractivity contribution in [3.05, 3.63) is 70.0 Å². The number of amides is 1. The van der Waals surface area contributed by atoms with Crippen LogP contribution in [0.15, 0.2) is 47.0 Å². The van der Waals surface area contributed by atoms with Crippen LogP contribution in [0.25, 0.3) is 0 Å². The highest BCUT2D eigenvalue weighted by atomic mass is 35.5. The lowest BCUT2D eigenvalue weighted by molar-refractivity contribution is -0.208. The van der Waals surface area contributed by atoms with Crippen LogP contribution in [-0.2, 0) is 16.8 Å². The molecule has 6 rings (SSSR count). The van der Waals surface area contributed by atoms with Crippen molar-refractivity contribution in [2.24, 2.45) is 11.1 Å². The smallest absolute Gasteiger partial charge is 0.259 e. The molecular formula is C22H18Cl2FN3O4. The summed E-state index contributed by atoms with van der Waals surface area (Å²) in [5, 5.41) is 4.59. The van der Waals surface area contributed by atoms with E-state index in [1.54, 1.807) is 24.3 Å². The molecule has 32 heavy (non-hydrogen) atoms. The molecule has 1 atom stereocenters. The van der Waals surface area contributed by atoms with Crippen molar-refractivity contribution in [2.75, 3.05) is 0 Å². The Morgan fingerprint density at radius 2 is 1.84 bits per heavy atom. The maximum absolute atomic E-state index is 13.7. The van der Waals surface area contributed by atoms with Gasteiger partial charge in [-0.3, -0.25) is 4.79 Å². The first-order valence-electron chi connectivity index (χ1n) is 9.91. The Labute approximate surface area is 192 Å². The molecule has 0 saturated heterocycles. The van der Waals surface area contributed by atoms with Gasteiger partial charge in [0.15, 0.2) is 12.7 Å². The number of carbonyl (C=O) groups excluding carboxylic acids is 1. The summed E-state index contributed by atoms with van der Waals surface area (Å²) in [5.41, 5.74) is 4.87. The molecule has 2 N–H and O–H groups in total. The summed E-state index contributed by atoms with van der Waals surface area (Å²) in [6, 6.07) is 11.0. The first-order valence-corrected chi connectivity index (χ1v) is 10.7. The lowest BCUT2D eigenvalue weighted by Gasteiger charge is -2.69. The van der Waals surface area contributed by atoms with Gasteiger partial charge < -0.3 is 19.7 Å². The molecule has 3 fully saturated rings. The number of halogens is 3. The number of aromatic nitrogens is 2. The summed E-state index contributed by atoms with van der Waals surface area (Å²) >= 11 is 11.6. The molecule has 3 aromatic rings. The van der Waals surface area contributed by atoms with E-state index in [1.165, 1.54) is 12.1 Å². The summed E-state index contributed by atoms with van der Waals surface area (Å²) < 4.78 is 30.6. The van der Waals surface area contributed by atoms with Crippen molar-refractivity contribution in [2.45, 2.75) is 37.4 Å². The number of carbonyl (C=O) groups is 1. The van der Waals surface area contributed by atoms with E-state index in [4.69, 9.17) is 42.9 Å². The van der Waals surface area contributed by atoms with Gasteiger partial charge in [-0.1, -0.05) is 28.4 Å². The molecule has 3 aliphatic rings. The number of nitrogens with two attached hydrogens (primary N) is 1. The van der Waals surface area contributed by atoms with Crippen LogP contribution in [0.3, 0.4) is 0 Å². The normalized spacial score (nSPS) is 24.2. The monoisotopic (exact) mass is 477 g/mol. The van der Waals surface area contributed by atoms with Crippen LogP contribution >= 0.6 is 23.2 Å². The Balaban J connectivity index is 1.23. The second-order valence-corrected chi connectivity index (χ2v) is 9.25. The fourth-order valence-electron chi connectivity index (χ4n) is 4.75. The van der Waals surface area contributed by atoms with Crippen LogP contribution in [0, 0.1) is 11.2 Å². The van der Waals surface area contributed by atoms with E-state index in [0.29, 0.717) is 41.7 Å². The van der Waals surface area contributed by atoms with Crippen molar-refractivity contribution in [1.29, 1.82) is 0 Å². The summed E-state index contributed by atoms with van der Waals surface area (Å²) in [5.74, 6) is 0.555. The van der Waals surface area contributed by atoms with Gasteiger partial charge in [0.1, 0.15) is 17.3 Å². The summed E-state index contributed by atoms with van der Waals surface area (Å²) in [4.78, 5) is 16.6. The van der Waals surface area contributed by atoms with Crippen molar-refractivity contribution >= 4 is 29.1 Å². The molecule has 7 nitrogen and oxygen atoms in total. The van der Waals surface area contributed by atoms with E-state index < -0.39 is 23.2 Å². The zero-order valence-electron chi connectivity index (χ0n) is 16.7. The molecule has 2 aromatic carbocycles. The number of nitrogens with zero attached hydrogens (tertiary/aromatic N) is 2. The number of primary amides is 1. The molecule has 1 aromatic heterocycles. The maximum atomic E-state index is 13.7. The van der Waals surface area contributed by atoms with E-state index in [9.17, 15) is 9.18 Å². The molecule has 166 valence electrons. The highest BCUT2D eigenvalue weighted by molar-refractivity contribution is 6.30. The lowest BCUT2D eigenvalue weighted by atomic mass is 9.33. The van der Waals surface area contributed by atoms with E-state index in [0.717, 1.165) is 6.07 Å². The number of benzene rings is 2. The molecule has 10 heteroatoms. The van der Waals surface area contributed by atoms with Gasteiger partial charge in [-0.15, -0.1) is 0 Å². The number of hydrogen-bond donors (Lipinski definition) is 1. The minimum absolute atomic E-state index is 0.0234. The van der Waals surface area contributed by atoms with Crippen LogP contribution in [0.2, 0.25) is 10.0 Å². The quantitative estimate of drug-likeness (QED) is 0.514.